The molecule has 0 radical (unpaired) electrons. The minimum atomic E-state index is 0.151. The first kappa shape index (κ1) is 15.4. The Labute approximate surface area is 129 Å². The van der Waals surface area contributed by atoms with Crippen molar-refractivity contribution >= 4 is 22.9 Å². The Bertz CT molecular complexity index is 524. The van der Waals surface area contributed by atoms with E-state index in [1.165, 1.54) is 10.4 Å². The van der Waals surface area contributed by atoms with Crippen molar-refractivity contribution < 1.29 is 4.74 Å². The minimum absolute atomic E-state index is 0.151. The van der Waals surface area contributed by atoms with Gasteiger partial charge in [0.15, 0.2) is 0 Å². The standard InChI is InChI=1S/C16H20ClNOS/c1-3-10-18-15(16-14(17)9-11-20-16)12-5-7-13(8-6-12)19-4-2/h5-9,11,15,18H,3-4,10H2,1-2H3. The zero-order valence-electron chi connectivity index (χ0n) is 11.9. The molecule has 1 aromatic carbocycles. The number of ether oxygens (including phenoxy) is 1. The van der Waals surface area contributed by atoms with Crippen molar-refractivity contribution in [3.8, 4) is 5.75 Å². The summed E-state index contributed by atoms with van der Waals surface area (Å²) in [5, 5.41) is 6.43. The van der Waals surface area contributed by atoms with E-state index in [0.717, 1.165) is 23.7 Å². The third-order valence-corrected chi connectivity index (χ3v) is 4.45. The molecular formula is C16H20ClNOS. The van der Waals surface area contributed by atoms with Gasteiger partial charge < -0.3 is 10.1 Å². The van der Waals surface area contributed by atoms with Gasteiger partial charge >= 0.3 is 0 Å². The Kier molecular flexibility index (Phi) is 5.89. The van der Waals surface area contributed by atoms with Gasteiger partial charge in [-0.25, -0.2) is 0 Å². The molecule has 2 nitrogen and oxygen atoms in total. The van der Waals surface area contributed by atoms with Crippen LogP contribution in [0.2, 0.25) is 5.02 Å². The van der Waals surface area contributed by atoms with Gasteiger partial charge in [0.2, 0.25) is 0 Å². The average Bonchev–Trinajstić information content (AvgIpc) is 2.88. The summed E-state index contributed by atoms with van der Waals surface area (Å²) >= 11 is 7.98. The van der Waals surface area contributed by atoms with E-state index in [4.69, 9.17) is 16.3 Å². The summed E-state index contributed by atoms with van der Waals surface area (Å²) in [5.41, 5.74) is 1.21. The van der Waals surface area contributed by atoms with Crippen LogP contribution in [0.15, 0.2) is 35.7 Å². The highest BCUT2D eigenvalue weighted by Crippen LogP contribution is 2.33. The second-order valence-corrected chi connectivity index (χ2v) is 5.88. The van der Waals surface area contributed by atoms with Crippen LogP contribution in [0.1, 0.15) is 36.8 Å². The first-order valence-corrected chi connectivity index (χ1v) is 8.21. The molecule has 0 bridgehead atoms. The second kappa shape index (κ2) is 7.67. The summed E-state index contributed by atoms with van der Waals surface area (Å²) < 4.78 is 5.49. The van der Waals surface area contributed by atoms with Gasteiger partial charge in [0.05, 0.1) is 17.7 Å². The zero-order valence-corrected chi connectivity index (χ0v) is 13.4. The van der Waals surface area contributed by atoms with Crippen LogP contribution in [-0.4, -0.2) is 13.2 Å². The highest BCUT2D eigenvalue weighted by Gasteiger charge is 2.17. The van der Waals surface area contributed by atoms with Crippen molar-refractivity contribution in [2.24, 2.45) is 0 Å². The molecule has 1 heterocycles. The predicted octanol–water partition coefficient (Wildman–Crippen LogP) is 4.89. The quantitative estimate of drug-likeness (QED) is 0.786. The fraction of sp³-hybridized carbons (Fsp3) is 0.375. The molecule has 2 aromatic rings. The van der Waals surface area contributed by atoms with Crippen LogP contribution >= 0.6 is 22.9 Å². The van der Waals surface area contributed by atoms with Gasteiger partial charge in [-0.3, -0.25) is 0 Å². The first-order valence-electron chi connectivity index (χ1n) is 6.95. The van der Waals surface area contributed by atoms with E-state index in [1.54, 1.807) is 11.3 Å². The molecule has 1 atom stereocenters. The molecule has 20 heavy (non-hydrogen) atoms. The molecule has 0 aliphatic carbocycles. The number of hydrogen-bond donors (Lipinski definition) is 1. The van der Waals surface area contributed by atoms with Crippen LogP contribution in [0, 0.1) is 0 Å². The fourth-order valence-corrected chi connectivity index (χ4v) is 3.35. The topological polar surface area (TPSA) is 21.3 Å². The van der Waals surface area contributed by atoms with Crippen LogP contribution in [0.4, 0.5) is 0 Å². The van der Waals surface area contributed by atoms with Gasteiger partial charge in [0.25, 0.3) is 0 Å². The monoisotopic (exact) mass is 309 g/mol. The van der Waals surface area contributed by atoms with E-state index in [2.05, 4.69) is 24.4 Å². The van der Waals surface area contributed by atoms with E-state index >= 15 is 0 Å². The van der Waals surface area contributed by atoms with Gasteiger partial charge in [-0.05, 0) is 49.0 Å². The van der Waals surface area contributed by atoms with Crippen molar-refractivity contribution in [1.82, 2.24) is 5.32 Å². The fourth-order valence-electron chi connectivity index (χ4n) is 2.09. The Balaban J connectivity index is 2.24. The highest BCUT2D eigenvalue weighted by atomic mass is 35.5. The third-order valence-electron chi connectivity index (χ3n) is 3.03. The Hall–Kier alpha value is -1.03. The van der Waals surface area contributed by atoms with Gasteiger partial charge in [-0.15, -0.1) is 11.3 Å². The third kappa shape index (κ3) is 3.75. The van der Waals surface area contributed by atoms with Crippen molar-refractivity contribution in [2.45, 2.75) is 26.3 Å². The van der Waals surface area contributed by atoms with Crippen LogP contribution < -0.4 is 10.1 Å². The molecule has 0 amide bonds. The van der Waals surface area contributed by atoms with Gasteiger partial charge in [0, 0.05) is 4.88 Å². The van der Waals surface area contributed by atoms with Crippen LogP contribution in [0.3, 0.4) is 0 Å². The number of hydrogen-bond acceptors (Lipinski definition) is 3. The van der Waals surface area contributed by atoms with Crippen molar-refractivity contribution in [3.63, 3.8) is 0 Å². The summed E-state index contributed by atoms with van der Waals surface area (Å²) in [7, 11) is 0. The van der Waals surface area contributed by atoms with Crippen LogP contribution in [-0.2, 0) is 0 Å². The molecule has 0 saturated heterocycles. The van der Waals surface area contributed by atoms with Gasteiger partial charge in [-0.2, -0.15) is 0 Å². The molecule has 0 spiro atoms. The van der Waals surface area contributed by atoms with E-state index in [0.29, 0.717) is 6.61 Å². The lowest BCUT2D eigenvalue weighted by Gasteiger charge is -2.18. The molecule has 0 fully saturated rings. The molecule has 2 rings (SSSR count). The van der Waals surface area contributed by atoms with Crippen molar-refractivity contribution in [2.75, 3.05) is 13.2 Å². The molecule has 1 N–H and O–H groups in total. The van der Waals surface area contributed by atoms with Crippen molar-refractivity contribution in [1.29, 1.82) is 0 Å². The Morgan fingerprint density at radius 1 is 1.20 bits per heavy atom. The molecule has 4 heteroatoms. The summed E-state index contributed by atoms with van der Waals surface area (Å²) in [5.74, 6) is 0.905. The van der Waals surface area contributed by atoms with Gasteiger partial charge in [0.1, 0.15) is 5.75 Å². The van der Waals surface area contributed by atoms with E-state index in [-0.39, 0.29) is 6.04 Å². The maximum Gasteiger partial charge on any atom is 0.119 e. The normalized spacial score (nSPS) is 12.3. The second-order valence-electron chi connectivity index (χ2n) is 4.52. The number of benzene rings is 1. The molecule has 108 valence electrons. The summed E-state index contributed by atoms with van der Waals surface area (Å²) in [4.78, 5) is 1.17. The van der Waals surface area contributed by atoms with Crippen LogP contribution in [0.5, 0.6) is 5.75 Å². The van der Waals surface area contributed by atoms with E-state index in [9.17, 15) is 0 Å². The average molecular weight is 310 g/mol. The van der Waals surface area contributed by atoms with Crippen LogP contribution in [0.25, 0.3) is 0 Å². The molecule has 0 aliphatic rings. The molecule has 1 aromatic heterocycles. The largest absolute Gasteiger partial charge is 0.494 e. The van der Waals surface area contributed by atoms with Crippen molar-refractivity contribution in [3.05, 3.63) is 51.2 Å². The molecule has 1 unspecified atom stereocenters. The Morgan fingerprint density at radius 2 is 1.95 bits per heavy atom. The number of nitrogens with one attached hydrogen (secondary N) is 1. The van der Waals surface area contributed by atoms with E-state index in [1.807, 2.05) is 30.5 Å². The lowest BCUT2D eigenvalue weighted by molar-refractivity contribution is 0.340. The Morgan fingerprint density at radius 3 is 2.50 bits per heavy atom. The minimum Gasteiger partial charge on any atom is -0.494 e. The predicted molar refractivity (Wildman–Crippen MR) is 87.1 cm³/mol. The van der Waals surface area contributed by atoms with E-state index < -0.39 is 0 Å². The smallest absolute Gasteiger partial charge is 0.119 e. The number of halogens is 1. The molecule has 0 saturated carbocycles. The summed E-state index contributed by atoms with van der Waals surface area (Å²) in [6.45, 7) is 5.81. The lowest BCUT2D eigenvalue weighted by atomic mass is 10.0. The zero-order chi connectivity index (χ0) is 14.4. The first-order chi connectivity index (χ1) is 9.76. The molecule has 0 aliphatic heterocycles. The van der Waals surface area contributed by atoms with Gasteiger partial charge in [-0.1, -0.05) is 30.7 Å². The SMILES string of the molecule is CCCNC(c1ccc(OCC)cc1)c1sccc1Cl. The number of thiophene rings is 1. The number of rotatable bonds is 7. The summed E-state index contributed by atoms with van der Waals surface area (Å²) in [6, 6.07) is 10.3. The highest BCUT2D eigenvalue weighted by molar-refractivity contribution is 7.10. The maximum absolute atomic E-state index is 6.29. The molecular weight excluding hydrogens is 290 g/mol. The maximum atomic E-state index is 6.29. The summed E-state index contributed by atoms with van der Waals surface area (Å²) in [6.07, 6.45) is 1.09. The lowest BCUT2D eigenvalue weighted by Crippen LogP contribution is -2.22.